The van der Waals surface area contributed by atoms with Gasteiger partial charge in [-0.3, -0.25) is 4.90 Å². The van der Waals surface area contributed by atoms with Crippen LogP contribution in [-0.4, -0.2) is 24.5 Å². The van der Waals surface area contributed by atoms with Gasteiger partial charge >= 0.3 is 0 Å². The Morgan fingerprint density at radius 3 is 2.12 bits per heavy atom. The summed E-state index contributed by atoms with van der Waals surface area (Å²) in [7, 11) is 0. The van der Waals surface area contributed by atoms with Crippen LogP contribution in [0.4, 0.5) is 0 Å². The Labute approximate surface area is 99.5 Å². The van der Waals surface area contributed by atoms with Gasteiger partial charge in [0.2, 0.25) is 0 Å². The van der Waals surface area contributed by atoms with Crippen LogP contribution in [0.25, 0.3) is 0 Å². The zero-order chi connectivity index (χ0) is 11.8. The molecule has 0 amide bonds. The fraction of sp³-hybridized carbons (Fsp3) is 0.467. The van der Waals surface area contributed by atoms with Crippen LogP contribution < -0.4 is 0 Å². The SMILES string of the molecule is CCc1ccc(C#CCN(CC)CC)cc1. The maximum absolute atomic E-state index is 3.22. The first-order valence-corrected chi connectivity index (χ1v) is 6.10. The summed E-state index contributed by atoms with van der Waals surface area (Å²) in [5, 5.41) is 0. The monoisotopic (exact) mass is 215 g/mol. The van der Waals surface area contributed by atoms with Gasteiger partial charge in [-0.1, -0.05) is 44.7 Å². The van der Waals surface area contributed by atoms with E-state index in [0.29, 0.717) is 0 Å². The van der Waals surface area contributed by atoms with Crippen molar-refractivity contribution < 1.29 is 0 Å². The molecule has 1 nitrogen and oxygen atoms in total. The topological polar surface area (TPSA) is 3.24 Å². The summed E-state index contributed by atoms with van der Waals surface area (Å²) >= 11 is 0. The third kappa shape index (κ3) is 4.08. The first kappa shape index (κ1) is 12.8. The van der Waals surface area contributed by atoms with E-state index in [0.717, 1.165) is 31.6 Å². The number of aryl methyl sites for hydroxylation is 1. The highest BCUT2D eigenvalue weighted by Crippen LogP contribution is 2.03. The molecule has 0 aliphatic carbocycles. The second kappa shape index (κ2) is 7.09. The van der Waals surface area contributed by atoms with E-state index in [9.17, 15) is 0 Å². The molecule has 0 N–H and O–H groups in total. The summed E-state index contributed by atoms with van der Waals surface area (Å²) in [6.07, 6.45) is 1.09. The molecule has 0 saturated heterocycles. The molecule has 0 aliphatic rings. The Kier molecular flexibility index (Phi) is 5.67. The van der Waals surface area contributed by atoms with Gasteiger partial charge in [-0.2, -0.15) is 0 Å². The molecule has 0 bridgehead atoms. The van der Waals surface area contributed by atoms with Gasteiger partial charge in [0.1, 0.15) is 0 Å². The number of hydrogen-bond acceptors (Lipinski definition) is 1. The molecule has 0 fully saturated rings. The molecule has 1 heteroatoms. The van der Waals surface area contributed by atoms with Crippen molar-refractivity contribution in [2.75, 3.05) is 19.6 Å². The van der Waals surface area contributed by atoms with Crippen LogP contribution in [-0.2, 0) is 6.42 Å². The van der Waals surface area contributed by atoms with Crippen LogP contribution in [0.1, 0.15) is 31.9 Å². The summed E-state index contributed by atoms with van der Waals surface area (Å²) in [6.45, 7) is 9.51. The van der Waals surface area contributed by atoms with E-state index < -0.39 is 0 Å². The normalized spacial score (nSPS) is 10.0. The van der Waals surface area contributed by atoms with E-state index in [1.165, 1.54) is 5.56 Å². The van der Waals surface area contributed by atoms with Crippen molar-refractivity contribution in [3.05, 3.63) is 35.4 Å². The Morgan fingerprint density at radius 1 is 1.00 bits per heavy atom. The number of benzene rings is 1. The molecule has 1 rings (SSSR count). The molecule has 0 saturated carbocycles. The third-order valence-electron chi connectivity index (χ3n) is 2.79. The standard InChI is InChI=1S/C15H21N/c1-4-14-9-11-15(12-10-14)8-7-13-16(5-2)6-3/h9-12H,4-6,13H2,1-3H3. The largest absolute Gasteiger partial charge is 0.293 e. The minimum atomic E-state index is 0.864. The van der Waals surface area contributed by atoms with Gasteiger partial charge in [0, 0.05) is 5.56 Å². The smallest absolute Gasteiger partial charge is 0.0605 e. The lowest BCUT2D eigenvalue weighted by Crippen LogP contribution is -2.22. The molecule has 0 unspecified atom stereocenters. The fourth-order valence-corrected chi connectivity index (χ4v) is 1.52. The Balaban J connectivity index is 2.55. The predicted octanol–water partition coefficient (Wildman–Crippen LogP) is 2.94. The zero-order valence-electron chi connectivity index (χ0n) is 10.6. The molecule has 0 atom stereocenters. The molecule has 86 valence electrons. The second-order valence-corrected chi connectivity index (χ2v) is 3.81. The lowest BCUT2D eigenvalue weighted by Gasteiger charge is -2.13. The number of rotatable bonds is 4. The Bertz CT molecular complexity index is 349. The van der Waals surface area contributed by atoms with Crippen LogP contribution in [0.15, 0.2) is 24.3 Å². The van der Waals surface area contributed by atoms with Crippen molar-refractivity contribution >= 4 is 0 Å². The maximum Gasteiger partial charge on any atom is 0.0605 e. The summed E-state index contributed by atoms with van der Waals surface area (Å²) in [5.41, 5.74) is 2.48. The average molecular weight is 215 g/mol. The first-order valence-electron chi connectivity index (χ1n) is 6.10. The van der Waals surface area contributed by atoms with Crippen LogP contribution in [0.2, 0.25) is 0 Å². The van der Waals surface area contributed by atoms with Gasteiger partial charge in [0.25, 0.3) is 0 Å². The van der Waals surface area contributed by atoms with Gasteiger partial charge in [-0.25, -0.2) is 0 Å². The van der Waals surface area contributed by atoms with Crippen LogP contribution >= 0.6 is 0 Å². The van der Waals surface area contributed by atoms with E-state index in [1.807, 2.05) is 0 Å². The summed E-state index contributed by atoms with van der Waals surface area (Å²) in [4.78, 5) is 2.31. The number of hydrogen-bond donors (Lipinski definition) is 0. The van der Waals surface area contributed by atoms with Crippen molar-refractivity contribution in [2.24, 2.45) is 0 Å². The molecule has 0 aromatic heterocycles. The first-order chi connectivity index (χ1) is 7.80. The van der Waals surface area contributed by atoms with Gasteiger partial charge in [0.15, 0.2) is 0 Å². The Morgan fingerprint density at radius 2 is 1.62 bits per heavy atom. The zero-order valence-corrected chi connectivity index (χ0v) is 10.6. The van der Waals surface area contributed by atoms with Crippen LogP contribution in [0, 0.1) is 11.8 Å². The van der Waals surface area contributed by atoms with Crippen molar-refractivity contribution in [1.29, 1.82) is 0 Å². The van der Waals surface area contributed by atoms with Gasteiger partial charge in [-0.05, 0) is 37.2 Å². The summed E-state index contributed by atoms with van der Waals surface area (Å²) in [5.74, 6) is 6.42. The van der Waals surface area contributed by atoms with Crippen LogP contribution in [0.5, 0.6) is 0 Å². The molecule has 1 aromatic carbocycles. The molecular formula is C15H21N. The molecular weight excluding hydrogens is 194 g/mol. The molecule has 16 heavy (non-hydrogen) atoms. The van der Waals surface area contributed by atoms with E-state index in [2.05, 4.69) is 61.8 Å². The minimum absolute atomic E-state index is 0.864. The van der Waals surface area contributed by atoms with Crippen molar-refractivity contribution in [1.82, 2.24) is 4.90 Å². The molecule has 0 aliphatic heterocycles. The fourth-order valence-electron chi connectivity index (χ4n) is 1.52. The van der Waals surface area contributed by atoms with E-state index in [1.54, 1.807) is 0 Å². The Hall–Kier alpha value is -1.26. The highest BCUT2D eigenvalue weighted by atomic mass is 15.1. The third-order valence-corrected chi connectivity index (χ3v) is 2.79. The van der Waals surface area contributed by atoms with Crippen molar-refractivity contribution in [3.63, 3.8) is 0 Å². The highest BCUT2D eigenvalue weighted by molar-refractivity contribution is 5.36. The van der Waals surface area contributed by atoms with Crippen LogP contribution in [0.3, 0.4) is 0 Å². The molecule has 0 radical (unpaired) electrons. The van der Waals surface area contributed by atoms with Crippen molar-refractivity contribution in [2.45, 2.75) is 27.2 Å². The highest BCUT2D eigenvalue weighted by Gasteiger charge is 1.93. The van der Waals surface area contributed by atoms with Crippen molar-refractivity contribution in [3.8, 4) is 11.8 Å². The van der Waals surface area contributed by atoms with Gasteiger partial charge in [0.05, 0.1) is 6.54 Å². The maximum atomic E-state index is 3.22. The molecule has 0 heterocycles. The average Bonchev–Trinajstić information content (AvgIpc) is 2.35. The second-order valence-electron chi connectivity index (χ2n) is 3.81. The van der Waals surface area contributed by atoms with E-state index in [-0.39, 0.29) is 0 Å². The molecule has 1 aromatic rings. The summed E-state index contributed by atoms with van der Waals surface area (Å²) < 4.78 is 0. The minimum Gasteiger partial charge on any atom is -0.293 e. The van der Waals surface area contributed by atoms with E-state index in [4.69, 9.17) is 0 Å². The van der Waals surface area contributed by atoms with E-state index >= 15 is 0 Å². The lowest BCUT2D eigenvalue weighted by molar-refractivity contribution is 0.342. The number of nitrogens with zero attached hydrogens (tertiary/aromatic N) is 1. The van der Waals surface area contributed by atoms with Gasteiger partial charge in [-0.15, -0.1) is 0 Å². The summed E-state index contributed by atoms with van der Waals surface area (Å²) in [6, 6.07) is 8.52. The quantitative estimate of drug-likeness (QED) is 0.698. The molecule has 0 spiro atoms. The lowest BCUT2D eigenvalue weighted by atomic mass is 10.1. The van der Waals surface area contributed by atoms with Gasteiger partial charge < -0.3 is 0 Å². The predicted molar refractivity (Wildman–Crippen MR) is 70.5 cm³/mol.